The number of allylic oxidation sites excluding steroid dienone is 2. The Kier molecular flexibility index (Phi) is 5.11. The van der Waals surface area contributed by atoms with Crippen molar-refractivity contribution < 1.29 is 23.9 Å². The summed E-state index contributed by atoms with van der Waals surface area (Å²) in [5.74, 6) is -2.40. The van der Waals surface area contributed by atoms with E-state index in [2.05, 4.69) is 0 Å². The lowest BCUT2D eigenvalue weighted by molar-refractivity contribution is -0.152. The van der Waals surface area contributed by atoms with Gasteiger partial charge in [0.2, 0.25) is 11.8 Å². The summed E-state index contributed by atoms with van der Waals surface area (Å²) in [6.45, 7) is -0.815. The molecule has 0 bridgehead atoms. The Labute approximate surface area is 163 Å². The smallest absolute Gasteiger partial charge is 0.326 e. The molecule has 0 aromatic heterocycles. The molecule has 2 amide bonds. The number of fused-ring (bicyclic) bond motifs is 2. The van der Waals surface area contributed by atoms with E-state index in [1.54, 1.807) is 6.07 Å². The van der Waals surface area contributed by atoms with Crippen molar-refractivity contribution >= 4 is 23.6 Å². The fraction of sp³-hybridized carbons (Fsp3) is 0.455. The van der Waals surface area contributed by atoms with Crippen molar-refractivity contribution in [2.75, 3.05) is 13.2 Å². The highest BCUT2D eigenvalue weighted by Gasteiger charge is 2.47. The molecule has 2 atom stereocenters. The molecule has 146 valence electrons. The van der Waals surface area contributed by atoms with Gasteiger partial charge in [-0.1, -0.05) is 24.3 Å². The number of amides is 2. The zero-order valence-electron chi connectivity index (χ0n) is 15.7. The highest BCUT2D eigenvalue weighted by Crippen LogP contribution is 2.34. The summed E-state index contributed by atoms with van der Waals surface area (Å²) in [4.78, 5) is 50.2. The predicted molar refractivity (Wildman–Crippen MR) is 100 cm³/mol. The van der Waals surface area contributed by atoms with Crippen LogP contribution in [0.5, 0.6) is 0 Å². The van der Waals surface area contributed by atoms with Crippen molar-refractivity contribution in [1.82, 2.24) is 4.90 Å². The summed E-state index contributed by atoms with van der Waals surface area (Å²) in [5.41, 5.74) is 2.99. The first-order valence-corrected chi connectivity index (χ1v) is 9.85. The number of imide groups is 1. The maximum absolute atomic E-state index is 12.4. The van der Waals surface area contributed by atoms with Crippen LogP contribution in [0, 0.1) is 11.8 Å². The third-order valence-corrected chi connectivity index (χ3v) is 5.92. The maximum Gasteiger partial charge on any atom is 0.326 e. The molecule has 1 fully saturated rings. The molecule has 4 rings (SSSR count). The van der Waals surface area contributed by atoms with Gasteiger partial charge in [-0.2, -0.15) is 0 Å². The predicted octanol–water partition coefficient (Wildman–Crippen LogP) is 2.24. The lowest BCUT2D eigenvalue weighted by Crippen LogP contribution is -2.37. The minimum Gasteiger partial charge on any atom is -0.456 e. The molecule has 28 heavy (non-hydrogen) atoms. The van der Waals surface area contributed by atoms with Crippen molar-refractivity contribution in [3.05, 3.63) is 47.0 Å². The number of ether oxygens (including phenoxy) is 1. The summed E-state index contributed by atoms with van der Waals surface area (Å²) in [6, 6.07) is 5.63. The number of nitrogens with zero attached hydrogens (tertiary/aromatic N) is 1. The van der Waals surface area contributed by atoms with E-state index in [9.17, 15) is 19.2 Å². The fourth-order valence-electron chi connectivity index (χ4n) is 4.34. The quantitative estimate of drug-likeness (QED) is 0.338. The van der Waals surface area contributed by atoms with Crippen LogP contribution in [0.1, 0.15) is 47.2 Å². The van der Waals surface area contributed by atoms with E-state index >= 15 is 0 Å². The summed E-state index contributed by atoms with van der Waals surface area (Å²) >= 11 is 0. The van der Waals surface area contributed by atoms with E-state index in [-0.39, 0.29) is 36.0 Å². The third kappa shape index (κ3) is 3.51. The third-order valence-electron chi connectivity index (χ3n) is 5.92. The normalized spacial score (nSPS) is 23.4. The standard InChI is InChI=1S/C22H23NO5/c24-19(16-10-9-14-5-1-2-6-15(14)11-16)13-28-20(25)12-23-21(26)17-7-3-4-8-18(17)22(23)27/h3-4,9-11,17-18H,1-2,5-8,12-13H2/t17-,18-/m1/s1. The average Bonchev–Trinajstić information content (AvgIpc) is 2.97. The molecule has 0 N–H and O–H groups in total. The second-order valence-corrected chi connectivity index (χ2v) is 7.69. The molecule has 1 aromatic carbocycles. The Balaban J connectivity index is 1.33. The summed E-state index contributed by atoms with van der Waals surface area (Å²) < 4.78 is 5.06. The van der Waals surface area contributed by atoms with Gasteiger partial charge in [-0.05, 0) is 55.7 Å². The van der Waals surface area contributed by atoms with Crippen LogP contribution in [0.3, 0.4) is 0 Å². The molecule has 0 unspecified atom stereocenters. The van der Waals surface area contributed by atoms with Crippen LogP contribution in [0.2, 0.25) is 0 Å². The highest BCUT2D eigenvalue weighted by molar-refractivity contribution is 6.07. The van der Waals surface area contributed by atoms with E-state index in [0.29, 0.717) is 18.4 Å². The molecule has 2 aliphatic carbocycles. The van der Waals surface area contributed by atoms with Gasteiger partial charge in [0.15, 0.2) is 12.4 Å². The lowest BCUT2D eigenvalue weighted by atomic mass is 9.85. The van der Waals surface area contributed by atoms with Crippen molar-refractivity contribution in [3.63, 3.8) is 0 Å². The summed E-state index contributed by atoms with van der Waals surface area (Å²) in [6.07, 6.45) is 9.13. The lowest BCUT2D eigenvalue weighted by Gasteiger charge is -2.16. The number of carbonyl (C=O) groups is 4. The molecule has 1 heterocycles. The van der Waals surface area contributed by atoms with Crippen LogP contribution in [0.15, 0.2) is 30.4 Å². The van der Waals surface area contributed by atoms with Crippen molar-refractivity contribution in [2.24, 2.45) is 11.8 Å². The van der Waals surface area contributed by atoms with Gasteiger partial charge in [-0.3, -0.25) is 24.1 Å². The number of aryl methyl sites for hydroxylation is 2. The minimum atomic E-state index is -0.736. The highest BCUT2D eigenvalue weighted by atomic mass is 16.5. The zero-order valence-corrected chi connectivity index (χ0v) is 15.7. The molecule has 1 aromatic rings. The van der Waals surface area contributed by atoms with Crippen LogP contribution in [-0.2, 0) is 32.0 Å². The monoisotopic (exact) mass is 381 g/mol. The van der Waals surface area contributed by atoms with Crippen molar-refractivity contribution in [1.29, 1.82) is 0 Å². The fourth-order valence-corrected chi connectivity index (χ4v) is 4.34. The van der Waals surface area contributed by atoms with Gasteiger partial charge in [0.25, 0.3) is 0 Å². The number of ketones is 1. The molecule has 6 heteroatoms. The van der Waals surface area contributed by atoms with Crippen LogP contribution < -0.4 is 0 Å². The number of carbonyl (C=O) groups excluding carboxylic acids is 4. The molecule has 3 aliphatic rings. The molecule has 1 aliphatic heterocycles. The van der Waals surface area contributed by atoms with Gasteiger partial charge < -0.3 is 4.74 Å². The van der Waals surface area contributed by atoms with E-state index in [0.717, 1.165) is 24.2 Å². The molecule has 6 nitrogen and oxygen atoms in total. The number of esters is 1. The van der Waals surface area contributed by atoms with E-state index in [4.69, 9.17) is 4.74 Å². The van der Waals surface area contributed by atoms with Crippen LogP contribution >= 0.6 is 0 Å². The van der Waals surface area contributed by atoms with Gasteiger partial charge in [0.1, 0.15) is 6.54 Å². The average molecular weight is 381 g/mol. The molecular weight excluding hydrogens is 358 g/mol. The number of hydrogen-bond donors (Lipinski definition) is 0. The molecular formula is C22H23NO5. The van der Waals surface area contributed by atoms with Crippen LogP contribution in [-0.4, -0.2) is 41.6 Å². The van der Waals surface area contributed by atoms with Gasteiger partial charge in [0, 0.05) is 5.56 Å². The first-order chi connectivity index (χ1) is 13.5. The zero-order chi connectivity index (χ0) is 19.7. The first kappa shape index (κ1) is 18.6. The van der Waals surface area contributed by atoms with E-state index in [1.165, 1.54) is 17.5 Å². The van der Waals surface area contributed by atoms with E-state index < -0.39 is 12.5 Å². The minimum absolute atomic E-state index is 0.279. The second-order valence-electron chi connectivity index (χ2n) is 7.69. The van der Waals surface area contributed by atoms with Crippen LogP contribution in [0.4, 0.5) is 0 Å². The van der Waals surface area contributed by atoms with E-state index in [1.807, 2.05) is 24.3 Å². The number of hydrogen-bond acceptors (Lipinski definition) is 5. The second kappa shape index (κ2) is 7.70. The number of likely N-dealkylation sites (tertiary alicyclic amines) is 1. The Bertz CT molecular complexity index is 846. The van der Waals surface area contributed by atoms with Crippen molar-refractivity contribution in [3.8, 4) is 0 Å². The van der Waals surface area contributed by atoms with Gasteiger partial charge in [-0.25, -0.2) is 0 Å². The Morgan fingerprint density at radius 3 is 2.29 bits per heavy atom. The number of Topliss-reactive ketones (excluding diaryl/α,β-unsaturated/α-hetero) is 1. The Morgan fingerprint density at radius 1 is 0.964 bits per heavy atom. The van der Waals surface area contributed by atoms with Gasteiger partial charge in [-0.15, -0.1) is 0 Å². The molecule has 1 saturated heterocycles. The number of rotatable bonds is 5. The maximum atomic E-state index is 12.4. The van der Waals surface area contributed by atoms with Gasteiger partial charge in [0.05, 0.1) is 11.8 Å². The van der Waals surface area contributed by atoms with Gasteiger partial charge >= 0.3 is 5.97 Å². The van der Waals surface area contributed by atoms with Crippen molar-refractivity contribution in [2.45, 2.75) is 38.5 Å². The summed E-state index contributed by atoms with van der Waals surface area (Å²) in [7, 11) is 0. The first-order valence-electron chi connectivity index (χ1n) is 9.85. The Hall–Kier alpha value is -2.76. The molecule has 0 radical (unpaired) electrons. The van der Waals surface area contributed by atoms with Crippen LogP contribution in [0.25, 0.3) is 0 Å². The Morgan fingerprint density at radius 2 is 1.61 bits per heavy atom. The summed E-state index contributed by atoms with van der Waals surface area (Å²) in [5, 5.41) is 0. The molecule has 0 spiro atoms. The topological polar surface area (TPSA) is 80.8 Å². The molecule has 0 saturated carbocycles. The number of benzene rings is 1. The largest absolute Gasteiger partial charge is 0.456 e. The SMILES string of the molecule is O=C(CN1C(=O)[C@@H]2CC=CC[C@H]2C1=O)OCC(=O)c1ccc2c(c1)CCCC2.